The molecule has 4 heteroatoms. The number of carbonyl (C=O) groups is 1. The first kappa shape index (κ1) is 12.9. The molecule has 3 nitrogen and oxygen atoms in total. The Balaban J connectivity index is 2.18. The predicted molar refractivity (Wildman–Crippen MR) is 73.8 cm³/mol. The van der Waals surface area contributed by atoms with E-state index in [-0.39, 0.29) is 5.97 Å². The number of hydrogen-bond donors (Lipinski definition) is 0. The normalized spacial score (nSPS) is 10.3. The number of esters is 1. The van der Waals surface area contributed by atoms with Crippen LogP contribution in [0.4, 0.5) is 0 Å². The number of rotatable bonds is 4. The quantitative estimate of drug-likeness (QED) is 0.811. The Morgan fingerprint density at radius 3 is 2.67 bits per heavy atom. The molecule has 0 radical (unpaired) electrons. The molecular weight excluding hydrogens is 294 g/mol. The minimum atomic E-state index is -0.196. The average molecular weight is 308 g/mol. The summed E-state index contributed by atoms with van der Waals surface area (Å²) < 4.78 is 7.90. The number of ether oxygens (including phenoxy) is 1. The molecule has 0 N–H and O–H groups in total. The van der Waals surface area contributed by atoms with E-state index >= 15 is 0 Å². The van der Waals surface area contributed by atoms with Crippen molar-refractivity contribution in [2.75, 3.05) is 6.61 Å². The third-order valence-corrected chi connectivity index (χ3v) is 3.18. The molecule has 1 aromatic heterocycles. The van der Waals surface area contributed by atoms with Crippen LogP contribution in [0.2, 0.25) is 0 Å². The van der Waals surface area contributed by atoms with Gasteiger partial charge in [0, 0.05) is 16.9 Å². The second kappa shape index (κ2) is 5.87. The molecule has 0 spiro atoms. The van der Waals surface area contributed by atoms with E-state index in [0.717, 1.165) is 15.7 Å². The number of hydrogen-bond acceptors (Lipinski definition) is 2. The van der Waals surface area contributed by atoms with E-state index in [9.17, 15) is 4.79 Å². The van der Waals surface area contributed by atoms with Crippen LogP contribution in [0.1, 0.15) is 12.5 Å². The van der Waals surface area contributed by atoms with Crippen molar-refractivity contribution in [3.05, 3.63) is 52.8 Å². The van der Waals surface area contributed by atoms with Crippen molar-refractivity contribution in [1.29, 1.82) is 0 Å². The Hall–Kier alpha value is -1.55. The molecule has 1 heterocycles. The number of carbonyl (C=O) groups excluding carboxylic acids is 1. The zero-order valence-corrected chi connectivity index (χ0v) is 11.7. The largest absolute Gasteiger partial charge is 0.466 e. The van der Waals surface area contributed by atoms with Crippen molar-refractivity contribution in [3.8, 4) is 5.69 Å². The van der Waals surface area contributed by atoms with Crippen LogP contribution in [-0.4, -0.2) is 17.1 Å². The molecular formula is C14H14BrNO2. The molecule has 0 amide bonds. The summed E-state index contributed by atoms with van der Waals surface area (Å²) in [7, 11) is 0. The van der Waals surface area contributed by atoms with Gasteiger partial charge in [-0.05, 0) is 52.7 Å². The van der Waals surface area contributed by atoms with Crippen molar-refractivity contribution in [2.24, 2.45) is 0 Å². The molecule has 0 aliphatic heterocycles. The second-order valence-electron chi connectivity index (χ2n) is 3.86. The number of benzene rings is 1. The van der Waals surface area contributed by atoms with Crippen molar-refractivity contribution in [3.63, 3.8) is 0 Å². The second-order valence-corrected chi connectivity index (χ2v) is 4.71. The first-order chi connectivity index (χ1) is 8.70. The van der Waals surface area contributed by atoms with Gasteiger partial charge in [-0.25, -0.2) is 0 Å². The molecule has 0 aliphatic rings. The van der Waals surface area contributed by atoms with Gasteiger partial charge in [-0.15, -0.1) is 0 Å². The highest BCUT2D eigenvalue weighted by Gasteiger charge is 2.07. The van der Waals surface area contributed by atoms with E-state index in [0.29, 0.717) is 13.0 Å². The van der Waals surface area contributed by atoms with Gasteiger partial charge in [-0.2, -0.15) is 0 Å². The van der Waals surface area contributed by atoms with Crippen molar-refractivity contribution < 1.29 is 9.53 Å². The molecule has 0 saturated carbocycles. The SMILES string of the molecule is CCOC(=O)Cc1ccc(-n2cccc2)c(Br)c1. The number of halogens is 1. The standard InChI is InChI=1S/C14H14BrNO2/c1-2-18-14(17)10-11-5-6-13(12(15)9-11)16-7-3-4-8-16/h3-9H,2,10H2,1H3. The molecule has 0 fully saturated rings. The fraction of sp³-hybridized carbons (Fsp3) is 0.214. The van der Waals surface area contributed by atoms with E-state index < -0.39 is 0 Å². The number of nitrogens with zero attached hydrogens (tertiary/aromatic N) is 1. The first-order valence-electron chi connectivity index (χ1n) is 5.78. The zero-order chi connectivity index (χ0) is 13.0. The lowest BCUT2D eigenvalue weighted by molar-refractivity contribution is -0.142. The van der Waals surface area contributed by atoms with Crippen LogP contribution in [-0.2, 0) is 16.0 Å². The summed E-state index contributed by atoms with van der Waals surface area (Å²) in [5, 5.41) is 0. The molecule has 18 heavy (non-hydrogen) atoms. The van der Waals surface area contributed by atoms with E-state index in [2.05, 4.69) is 15.9 Å². The molecule has 0 unspecified atom stereocenters. The lowest BCUT2D eigenvalue weighted by atomic mass is 10.1. The summed E-state index contributed by atoms with van der Waals surface area (Å²) in [6.07, 6.45) is 4.26. The fourth-order valence-electron chi connectivity index (χ4n) is 1.74. The monoisotopic (exact) mass is 307 g/mol. The zero-order valence-electron chi connectivity index (χ0n) is 10.1. The lowest BCUT2D eigenvalue weighted by Gasteiger charge is -2.08. The van der Waals surface area contributed by atoms with E-state index in [1.165, 1.54) is 0 Å². The lowest BCUT2D eigenvalue weighted by Crippen LogP contribution is -2.07. The fourth-order valence-corrected chi connectivity index (χ4v) is 2.37. The van der Waals surface area contributed by atoms with Crippen molar-refractivity contribution >= 4 is 21.9 Å². The summed E-state index contributed by atoms with van der Waals surface area (Å²) in [6, 6.07) is 9.82. The van der Waals surface area contributed by atoms with Crippen LogP contribution in [0, 0.1) is 0 Å². The first-order valence-corrected chi connectivity index (χ1v) is 6.57. The summed E-state index contributed by atoms with van der Waals surface area (Å²) in [5.41, 5.74) is 1.99. The minimum Gasteiger partial charge on any atom is -0.466 e. The third kappa shape index (κ3) is 3.01. The molecule has 0 bridgehead atoms. The summed E-state index contributed by atoms with van der Waals surface area (Å²) in [5.74, 6) is -0.196. The van der Waals surface area contributed by atoms with Gasteiger partial charge in [0.2, 0.25) is 0 Å². The topological polar surface area (TPSA) is 31.2 Å². The summed E-state index contributed by atoms with van der Waals surface area (Å²) in [4.78, 5) is 11.4. The summed E-state index contributed by atoms with van der Waals surface area (Å²) >= 11 is 3.52. The minimum absolute atomic E-state index is 0.196. The third-order valence-electron chi connectivity index (χ3n) is 2.55. The molecule has 2 aromatic rings. The Labute approximate surface area is 115 Å². The maximum Gasteiger partial charge on any atom is 0.310 e. The van der Waals surface area contributed by atoms with Crippen LogP contribution in [0.25, 0.3) is 5.69 Å². The predicted octanol–water partition coefficient (Wildman–Crippen LogP) is 3.35. The van der Waals surface area contributed by atoms with Gasteiger partial charge in [-0.3, -0.25) is 4.79 Å². The van der Waals surface area contributed by atoms with Gasteiger partial charge in [0.25, 0.3) is 0 Å². The van der Waals surface area contributed by atoms with Crippen LogP contribution < -0.4 is 0 Å². The average Bonchev–Trinajstić information content (AvgIpc) is 2.82. The van der Waals surface area contributed by atoms with Crippen LogP contribution in [0.3, 0.4) is 0 Å². The van der Waals surface area contributed by atoms with Gasteiger partial charge in [0.15, 0.2) is 0 Å². The molecule has 0 aliphatic carbocycles. The van der Waals surface area contributed by atoms with Crippen molar-refractivity contribution in [2.45, 2.75) is 13.3 Å². The van der Waals surface area contributed by atoms with Gasteiger partial charge >= 0.3 is 5.97 Å². The maximum atomic E-state index is 11.4. The van der Waals surface area contributed by atoms with Gasteiger partial charge in [-0.1, -0.05) is 6.07 Å². The molecule has 1 aromatic carbocycles. The molecule has 0 atom stereocenters. The Morgan fingerprint density at radius 2 is 2.06 bits per heavy atom. The van der Waals surface area contributed by atoms with Crippen LogP contribution in [0.5, 0.6) is 0 Å². The smallest absolute Gasteiger partial charge is 0.310 e. The highest BCUT2D eigenvalue weighted by atomic mass is 79.9. The Bertz CT molecular complexity index is 535. The van der Waals surface area contributed by atoms with Gasteiger partial charge < -0.3 is 9.30 Å². The van der Waals surface area contributed by atoms with Crippen molar-refractivity contribution in [1.82, 2.24) is 4.57 Å². The Kier molecular flexibility index (Phi) is 4.20. The highest BCUT2D eigenvalue weighted by molar-refractivity contribution is 9.10. The van der Waals surface area contributed by atoms with Gasteiger partial charge in [0.1, 0.15) is 0 Å². The van der Waals surface area contributed by atoms with E-state index in [1.54, 1.807) is 0 Å². The van der Waals surface area contributed by atoms with Crippen LogP contribution >= 0.6 is 15.9 Å². The van der Waals surface area contributed by atoms with Gasteiger partial charge in [0.05, 0.1) is 18.7 Å². The molecule has 0 saturated heterocycles. The van der Waals surface area contributed by atoms with E-state index in [1.807, 2.05) is 54.2 Å². The molecule has 94 valence electrons. The molecule has 2 rings (SSSR count). The van der Waals surface area contributed by atoms with E-state index in [4.69, 9.17) is 4.74 Å². The Morgan fingerprint density at radius 1 is 1.33 bits per heavy atom. The maximum absolute atomic E-state index is 11.4. The number of aromatic nitrogens is 1. The summed E-state index contributed by atoms with van der Waals surface area (Å²) in [6.45, 7) is 2.23. The van der Waals surface area contributed by atoms with Crippen LogP contribution in [0.15, 0.2) is 47.2 Å². The highest BCUT2D eigenvalue weighted by Crippen LogP contribution is 2.23.